The fourth-order valence-electron chi connectivity index (χ4n) is 3.73. The summed E-state index contributed by atoms with van der Waals surface area (Å²) < 4.78 is 11.6. The van der Waals surface area contributed by atoms with E-state index in [-0.39, 0.29) is 5.43 Å². The van der Waals surface area contributed by atoms with Crippen LogP contribution in [0.4, 0.5) is 0 Å². The standard InChI is InChI=1S/C24H16O3/c1-26-16-10-11-19-22(14-16)27-21-13-12-17-18(8-5-9-20(17)25)24(21)23(19)15-6-3-2-4-7-15/h2-14H,1H3. The lowest BCUT2D eigenvalue weighted by Gasteiger charge is -2.14. The quantitative estimate of drug-likeness (QED) is 0.299. The van der Waals surface area contributed by atoms with E-state index in [0.29, 0.717) is 5.39 Å². The van der Waals surface area contributed by atoms with E-state index in [4.69, 9.17) is 9.15 Å². The van der Waals surface area contributed by atoms with Gasteiger partial charge >= 0.3 is 0 Å². The van der Waals surface area contributed by atoms with Crippen LogP contribution < -0.4 is 10.2 Å². The molecular formula is C24H16O3. The van der Waals surface area contributed by atoms with Crippen molar-refractivity contribution in [2.45, 2.75) is 0 Å². The highest BCUT2D eigenvalue weighted by atomic mass is 16.5. The maximum atomic E-state index is 12.4. The molecule has 0 aliphatic carbocycles. The number of hydrogen-bond donors (Lipinski definition) is 0. The van der Waals surface area contributed by atoms with Crippen LogP contribution in [0, 0.1) is 0 Å². The first-order valence-corrected chi connectivity index (χ1v) is 8.78. The van der Waals surface area contributed by atoms with E-state index in [9.17, 15) is 4.79 Å². The molecule has 1 aromatic heterocycles. The van der Waals surface area contributed by atoms with Crippen molar-refractivity contribution in [3.63, 3.8) is 0 Å². The van der Waals surface area contributed by atoms with Crippen LogP contribution >= 0.6 is 0 Å². The van der Waals surface area contributed by atoms with Crippen molar-refractivity contribution in [3.8, 4) is 16.9 Å². The second-order valence-corrected chi connectivity index (χ2v) is 6.50. The van der Waals surface area contributed by atoms with E-state index in [1.165, 1.54) is 0 Å². The summed E-state index contributed by atoms with van der Waals surface area (Å²) in [7, 11) is 1.64. The predicted octanol–water partition coefficient (Wildman–Crippen LogP) is 5.78. The molecule has 3 heteroatoms. The smallest absolute Gasteiger partial charge is 0.186 e. The van der Waals surface area contributed by atoms with Gasteiger partial charge < -0.3 is 9.15 Å². The zero-order valence-corrected chi connectivity index (χ0v) is 14.7. The predicted molar refractivity (Wildman–Crippen MR) is 109 cm³/mol. The second kappa shape index (κ2) is 5.99. The first-order valence-electron chi connectivity index (χ1n) is 8.78. The van der Waals surface area contributed by atoms with Gasteiger partial charge in [0.15, 0.2) is 5.43 Å². The third-order valence-electron chi connectivity index (χ3n) is 4.97. The average molecular weight is 352 g/mol. The maximum Gasteiger partial charge on any atom is 0.186 e. The van der Waals surface area contributed by atoms with Crippen LogP contribution in [0.15, 0.2) is 88.1 Å². The summed E-state index contributed by atoms with van der Waals surface area (Å²) in [4.78, 5) is 12.4. The number of hydrogen-bond acceptors (Lipinski definition) is 3. The molecule has 1 heterocycles. The lowest BCUT2D eigenvalue weighted by Crippen LogP contribution is -1.98. The topological polar surface area (TPSA) is 39.4 Å². The molecule has 0 saturated carbocycles. The molecular weight excluding hydrogens is 336 g/mol. The van der Waals surface area contributed by atoms with Gasteiger partial charge in [-0.3, -0.25) is 4.79 Å². The minimum Gasteiger partial charge on any atom is -0.497 e. The van der Waals surface area contributed by atoms with Gasteiger partial charge in [0.2, 0.25) is 0 Å². The van der Waals surface area contributed by atoms with E-state index in [1.807, 2.05) is 54.6 Å². The molecule has 0 saturated heterocycles. The second-order valence-electron chi connectivity index (χ2n) is 6.50. The Morgan fingerprint density at radius 3 is 2.37 bits per heavy atom. The van der Waals surface area contributed by atoms with Crippen molar-refractivity contribution < 1.29 is 9.15 Å². The molecule has 0 fully saturated rings. The summed E-state index contributed by atoms with van der Waals surface area (Å²) in [6, 6.07) is 25.1. The molecule has 5 rings (SSSR count). The molecule has 0 unspecified atom stereocenters. The fraction of sp³-hybridized carbons (Fsp3) is 0.0417. The number of methoxy groups -OCH3 is 1. The molecule has 5 aromatic rings. The number of benzene rings is 4. The molecule has 0 radical (unpaired) electrons. The van der Waals surface area contributed by atoms with Crippen molar-refractivity contribution >= 4 is 32.7 Å². The van der Waals surface area contributed by atoms with Gasteiger partial charge in [-0.15, -0.1) is 0 Å². The van der Waals surface area contributed by atoms with E-state index in [2.05, 4.69) is 12.1 Å². The Labute approximate surface area is 155 Å². The molecule has 0 amide bonds. The molecule has 0 atom stereocenters. The number of fused-ring (bicyclic) bond motifs is 4. The van der Waals surface area contributed by atoms with Gasteiger partial charge in [-0.1, -0.05) is 42.5 Å². The molecule has 0 bridgehead atoms. The van der Waals surface area contributed by atoms with E-state index in [1.54, 1.807) is 19.2 Å². The zero-order valence-electron chi connectivity index (χ0n) is 14.7. The van der Waals surface area contributed by atoms with E-state index >= 15 is 0 Å². The van der Waals surface area contributed by atoms with Crippen molar-refractivity contribution in [2.75, 3.05) is 7.11 Å². The lowest BCUT2D eigenvalue weighted by molar-refractivity contribution is 0.414. The fourth-order valence-corrected chi connectivity index (χ4v) is 3.73. The summed E-state index contributed by atoms with van der Waals surface area (Å²) in [5, 5.41) is 3.54. The van der Waals surface area contributed by atoms with Gasteiger partial charge in [-0.05, 0) is 41.3 Å². The summed E-state index contributed by atoms with van der Waals surface area (Å²) in [5.74, 6) is 0.743. The Kier molecular flexibility index (Phi) is 3.47. The molecule has 4 aromatic carbocycles. The first-order chi connectivity index (χ1) is 13.3. The normalized spacial score (nSPS) is 11.3. The van der Waals surface area contributed by atoms with Gasteiger partial charge in [0, 0.05) is 27.8 Å². The highest BCUT2D eigenvalue weighted by Gasteiger charge is 2.16. The van der Waals surface area contributed by atoms with Crippen molar-refractivity contribution in [2.24, 2.45) is 0 Å². The summed E-state index contributed by atoms with van der Waals surface area (Å²) in [6.07, 6.45) is 0. The molecule has 27 heavy (non-hydrogen) atoms. The maximum absolute atomic E-state index is 12.4. The van der Waals surface area contributed by atoms with Crippen LogP contribution in [0.1, 0.15) is 0 Å². The SMILES string of the molecule is COc1ccc2c(-c3ccccc3)c3c(ccc4c(=O)cccc43)oc2c1. The van der Waals surface area contributed by atoms with Crippen LogP contribution in [0.3, 0.4) is 0 Å². The van der Waals surface area contributed by atoms with E-state index < -0.39 is 0 Å². The molecule has 0 aliphatic rings. The van der Waals surface area contributed by atoms with Crippen molar-refractivity contribution in [1.29, 1.82) is 0 Å². The van der Waals surface area contributed by atoms with E-state index in [0.717, 1.165) is 44.2 Å². The first kappa shape index (κ1) is 15.6. The van der Waals surface area contributed by atoms with Crippen LogP contribution in [-0.2, 0) is 0 Å². The summed E-state index contributed by atoms with van der Waals surface area (Å²) in [5.41, 5.74) is 3.65. The van der Waals surface area contributed by atoms with Gasteiger partial charge in [0.05, 0.1) is 7.11 Å². The minimum atomic E-state index is 0.0169. The monoisotopic (exact) mass is 352 g/mol. The Morgan fingerprint density at radius 2 is 1.56 bits per heavy atom. The number of ether oxygens (including phenoxy) is 1. The van der Waals surface area contributed by atoms with Crippen molar-refractivity contribution in [1.82, 2.24) is 0 Å². The molecule has 130 valence electrons. The van der Waals surface area contributed by atoms with Crippen LogP contribution in [0.5, 0.6) is 5.75 Å². The van der Waals surface area contributed by atoms with Crippen LogP contribution in [0.25, 0.3) is 43.8 Å². The summed E-state index contributed by atoms with van der Waals surface area (Å²) >= 11 is 0. The highest BCUT2D eigenvalue weighted by molar-refractivity contribution is 6.18. The summed E-state index contributed by atoms with van der Waals surface area (Å²) in [6.45, 7) is 0. The Hall–Kier alpha value is -3.59. The third kappa shape index (κ3) is 2.40. The van der Waals surface area contributed by atoms with Gasteiger partial charge in [-0.25, -0.2) is 0 Å². The molecule has 0 spiro atoms. The third-order valence-corrected chi connectivity index (χ3v) is 4.97. The number of rotatable bonds is 2. The minimum absolute atomic E-state index is 0.0169. The van der Waals surface area contributed by atoms with Crippen LogP contribution in [0.2, 0.25) is 0 Å². The lowest BCUT2D eigenvalue weighted by atomic mass is 9.93. The molecule has 3 nitrogen and oxygen atoms in total. The van der Waals surface area contributed by atoms with Crippen LogP contribution in [-0.4, -0.2) is 7.11 Å². The molecule has 0 N–H and O–H groups in total. The van der Waals surface area contributed by atoms with Gasteiger partial charge in [-0.2, -0.15) is 0 Å². The zero-order chi connectivity index (χ0) is 18.4. The highest BCUT2D eigenvalue weighted by Crippen LogP contribution is 2.40. The molecule has 0 aliphatic heterocycles. The van der Waals surface area contributed by atoms with Gasteiger partial charge in [0.25, 0.3) is 0 Å². The average Bonchev–Trinajstić information content (AvgIpc) is 2.72. The van der Waals surface area contributed by atoms with Crippen molar-refractivity contribution in [3.05, 3.63) is 89.1 Å². The Bertz CT molecular complexity index is 1370. The largest absolute Gasteiger partial charge is 0.497 e. The Balaban J connectivity index is 2.06. The Morgan fingerprint density at radius 1 is 0.741 bits per heavy atom. The van der Waals surface area contributed by atoms with Gasteiger partial charge in [0.1, 0.15) is 16.9 Å².